The van der Waals surface area contributed by atoms with Gasteiger partial charge in [-0.3, -0.25) is 9.59 Å². The van der Waals surface area contributed by atoms with E-state index in [2.05, 4.69) is 10.2 Å². The highest BCUT2D eigenvalue weighted by Crippen LogP contribution is 2.41. The summed E-state index contributed by atoms with van der Waals surface area (Å²) in [6, 6.07) is 7.67. The standard InChI is InChI=1S/C28H30F7N3O2/c29-22-3-1-18(2-4-22)19-7-11-38(12-8-19)23-5-9-26(10-6-23,24(36)39)25(40)37-16-17-13-20(27(30,31)32)15-21(14-17)28(33,34)35/h1-4,13-15,19,23H,5-12,16H2,(H2,36,39)(H,37,40). The van der Waals surface area contributed by atoms with E-state index in [9.17, 15) is 40.3 Å². The van der Waals surface area contributed by atoms with Crippen molar-refractivity contribution >= 4 is 11.8 Å². The molecule has 2 amide bonds. The number of likely N-dealkylation sites (tertiary alicyclic amines) is 1. The maximum atomic E-state index is 13.2. The summed E-state index contributed by atoms with van der Waals surface area (Å²) in [5, 5.41) is 2.36. The first-order valence-corrected chi connectivity index (χ1v) is 13.0. The van der Waals surface area contributed by atoms with Crippen molar-refractivity contribution in [3.63, 3.8) is 0 Å². The molecule has 1 saturated heterocycles. The highest BCUT2D eigenvalue weighted by atomic mass is 19.4. The Morgan fingerprint density at radius 2 is 1.40 bits per heavy atom. The number of primary amides is 1. The van der Waals surface area contributed by atoms with Gasteiger partial charge in [0.15, 0.2) is 0 Å². The van der Waals surface area contributed by atoms with E-state index in [0.717, 1.165) is 31.5 Å². The van der Waals surface area contributed by atoms with Crippen LogP contribution in [-0.2, 0) is 28.5 Å². The van der Waals surface area contributed by atoms with E-state index in [4.69, 9.17) is 5.73 Å². The smallest absolute Gasteiger partial charge is 0.369 e. The highest BCUT2D eigenvalue weighted by Gasteiger charge is 2.48. The third-order valence-electron chi connectivity index (χ3n) is 8.20. The normalized spacial score (nSPS) is 23.1. The summed E-state index contributed by atoms with van der Waals surface area (Å²) in [6.07, 6.45) is -7.07. The summed E-state index contributed by atoms with van der Waals surface area (Å²) >= 11 is 0. The maximum Gasteiger partial charge on any atom is 0.416 e. The summed E-state index contributed by atoms with van der Waals surface area (Å²) in [5.41, 5.74) is 1.73. The largest absolute Gasteiger partial charge is 0.416 e. The Kier molecular flexibility index (Phi) is 8.49. The molecule has 0 atom stereocenters. The van der Waals surface area contributed by atoms with Crippen molar-refractivity contribution < 1.29 is 40.3 Å². The Morgan fingerprint density at radius 3 is 1.88 bits per heavy atom. The highest BCUT2D eigenvalue weighted by molar-refractivity contribution is 6.04. The fourth-order valence-corrected chi connectivity index (χ4v) is 5.85. The number of benzene rings is 2. The van der Waals surface area contributed by atoms with Crippen LogP contribution >= 0.6 is 0 Å². The summed E-state index contributed by atoms with van der Waals surface area (Å²) < 4.78 is 92.3. The number of carbonyl (C=O) groups is 2. The van der Waals surface area contributed by atoms with Crippen LogP contribution in [-0.4, -0.2) is 35.8 Å². The third kappa shape index (κ3) is 6.59. The first kappa shape index (κ1) is 29.8. The second-order valence-electron chi connectivity index (χ2n) is 10.6. The van der Waals surface area contributed by atoms with Gasteiger partial charge in [-0.25, -0.2) is 4.39 Å². The van der Waals surface area contributed by atoms with E-state index in [1.54, 1.807) is 12.1 Å². The first-order chi connectivity index (χ1) is 18.7. The molecule has 1 saturated carbocycles. The van der Waals surface area contributed by atoms with Gasteiger partial charge < -0.3 is 16.0 Å². The molecule has 2 aliphatic rings. The molecule has 4 rings (SSSR count). The Labute approximate surface area is 226 Å². The van der Waals surface area contributed by atoms with Gasteiger partial charge in [-0.15, -0.1) is 0 Å². The SMILES string of the molecule is NC(=O)C1(C(=O)NCc2cc(C(F)(F)F)cc(C(F)(F)F)c2)CCC(N2CCC(c3ccc(F)cc3)CC2)CC1. The zero-order valence-electron chi connectivity index (χ0n) is 21.5. The van der Waals surface area contributed by atoms with Crippen LogP contribution in [0.15, 0.2) is 42.5 Å². The van der Waals surface area contributed by atoms with Crippen LogP contribution in [0, 0.1) is 11.2 Å². The summed E-state index contributed by atoms with van der Waals surface area (Å²) in [5.74, 6) is -1.66. The van der Waals surface area contributed by atoms with Crippen LogP contribution in [0.1, 0.15) is 66.7 Å². The van der Waals surface area contributed by atoms with Crippen LogP contribution in [0.3, 0.4) is 0 Å². The molecule has 40 heavy (non-hydrogen) atoms. The van der Waals surface area contributed by atoms with E-state index < -0.39 is 52.8 Å². The Balaban J connectivity index is 1.38. The monoisotopic (exact) mass is 573 g/mol. The lowest BCUT2D eigenvalue weighted by atomic mass is 9.70. The lowest BCUT2D eigenvalue weighted by molar-refractivity contribution is -0.145. The van der Waals surface area contributed by atoms with Crippen molar-refractivity contribution in [3.05, 3.63) is 70.5 Å². The predicted molar refractivity (Wildman–Crippen MR) is 132 cm³/mol. The number of piperidine rings is 1. The molecule has 218 valence electrons. The number of alkyl halides is 6. The van der Waals surface area contributed by atoms with Crippen molar-refractivity contribution in [2.75, 3.05) is 13.1 Å². The van der Waals surface area contributed by atoms with Crippen molar-refractivity contribution in [3.8, 4) is 0 Å². The number of nitrogens with two attached hydrogens (primary N) is 1. The number of amides is 2. The van der Waals surface area contributed by atoms with Crippen LogP contribution in [0.5, 0.6) is 0 Å². The number of nitrogens with one attached hydrogen (secondary N) is 1. The van der Waals surface area contributed by atoms with Crippen LogP contribution < -0.4 is 11.1 Å². The molecule has 0 spiro atoms. The molecule has 0 unspecified atom stereocenters. The van der Waals surface area contributed by atoms with Gasteiger partial charge in [0, 0.05) is 12.6 Å². The quantitative estimate of drug-likeness (QED) is 0.340. The maximum absolute atomic E-state index is 13.2. The minimum absolute atomic E-state index is 0.0139. The topological polar surface area (TPSA) is 75.4 Å². The van der Waals surface area contributed by atoms with Gasteiger partial charge in [-0.05, 0) is 99.0 Å². The first-order valence-electron chi connectivity index (χ1n) is 13.0. The number of nitrogens with zero attached hydrogens (tertiary/aromatic N) is 1. The minimum atomic E-state index is -5.01. The van der Waals surface area contributed by atoms with Crippen molar-refractivity contribution in [2.24, 2.45) is 11.1 Å². The molecule has 2 fully saturated rings. The van der Waals surface area contributed by atoms with E-state index in [1.165, 1.54) is 12.1 Å². The molecule has 1 heterocycles. The number of rotatable bonds is 6. The third-order valence-corrected chi connectivity index (χ3v) is 8.20. The van der Waals surface area contributed by atoms with E-state index >= 15 is 0 Å². The van der Waals surface area contributed by atoms with E-state index in [1.807, 2.05) is 0 Å². The second kappa shape index (κ2) is 11.4. The van der Waals surface area contributed by atoms with Crippen LogP contribution in [0.4, 0.5) is 30.7 Å². The summed E-state index contributed by atoms with van der Waals surface area (Å²) in [7, 11) is 0. The minimum Gasteiger partial charge on any atom is -0.369 e. The molecule has 0 radical (unpaired) electrons. The molecule has 12 heteroatoms. The molecule has 0 aromatic heterocycles. The van der Waals surface area contributed by atoms with Gasteiger partial charge in [-0.2, -0.15) is 26.3 Å². The molecule has 5 nitrogen and oxygen atoms in total. The van der Waals surface area contributed by atoms with Gasteiger partial charge in [0.1, 0.15) is 11.2 Å². The van der Waals surface area contributed by atoms with Gasteiger partial charge in [0.05, 0.1) is 11.1 Å². The van der Waals surface area contributed by atoms with Crippen molar-refractivity contribution in [2.45, 2.75) is 69.4 Å². The summed E-state index contributed by atoms with van der Waals surface area (Å²) in [6.45, 7) is 0.959. The van der Waals surface area contributed by atoms with Crippen molar-refractivity contribution in [1.29, 1.82) is 0 Å². The number of hydrogen-bond donors (Lipinski definition) is 2. The van der Waals surface area contributed by atoms with Gasteiger partial charge in [0.25, 0.3) is 0 Å². The molecular formula is C28H30F7N3O2. The average Bonchev–Trinajstić information content (AvgIpc) is 2.91. The zero-order valence-corrected chi connectivity index (χ0v) is 21.5. The lowest BCUT2D eigenvalue weighted by Gasteiger charge is -2.43. The number of halogens is 7. The molecule has 2 aromatic rings. The molecule has 0 bridgehead atoms. The van der Waals surface area contributed by atoms with Crippen LogP contribution in [0.25, 0.3) is 0 Å². The van der Waals surface area contributed by atoms with Gasteiger partial charge in [0.2, 0.25) is 11.8 Å². The molecular weight excluding hydrogens is 543 g/mol. The summed E-state index contributed by atoms with van der Waals surface area (Å²) in [4.78, 5) is 27.8. The van der Waals surface area contributed by atoms with Crippen molar-refractivity contribution in [1.82, 2.24) is 10.2 Å². The average molecular weight is 574 g/mol. The van der Waals surface area contributed by atoms with E-state index in [0.29, 0.717) is 30.9 Å². The lowest BCUT2D eigenvalue weighted by Crippen LogP contribution is -2.54. The fourth-order valence-electron chi connectivity index (χ4n) is 5.85. The fraction of sp³-hybridized carbons (Fsp3) is 0.500. The Morgan fingerprint density at radius 1 is 0.875 bits per heavy atom. The molecule has 3 N–H and O–H groups in total. The second-order valence-corrected chi connectivity index (χ2v) is 10.6. The van der Waals surface area contributed by atoms with Gasteiger partial charge >= 0.3 is 12.4 Å². The predicted octanol–water partition coefficient (Wildman–Crippen LogP) is 5.77. The number of hydrogen-bond acceptors (Lipinski definition) is 3. The van der Waals surface area contributed by atoms with Gasteiger partial charge in [-0.1, -0.05) is 12.1 Å². The number of carbonyl (C=O) groups excluding carboxylic acids is 2. The Bertz CT molecular complexity index is 1180. The molecule has 1 aliphatic carbocycles. The zero-order chi connectivity index (χ0) is 29.3. The Hall–Kier alpha value is -3.15. The van der Waals surface area contributed by atoms with E-state index in [-0.39, 0.29) is 30.8 Å². The van der Waals surface area contributed by atoms with Crippen LogP contribution in [0.2, 0.25) is 0 Å². The molecule has 1 aliphatic heterocycles. The molecule has 2 aromatic carbocycles.